The van der Waals surface area contributed by atoms with Crippen LogP contribution in [-0.4, -0.2) is 58.0 Å². The van der Waals surface area contributed by atoms with Crippen molar-refractivity contribution in [1.82, 2.24) is 30.1 Å². The van der Waals surface area contributed by atoms with Gasteiger partial charge in [0.15, 0.2) is 17.4 Å². The van der Waals surface area contributed by atoms with Crippen molar-refractivity contribution >= 4 is 17.5 Å². The van der Waals surface area contributed by atoms with Crippen LogP contribution in [0.1, 0.15) is 18.7 Å². The number of hydrogen-bond donors (Lipinski definition) is 2. The number of likely N-dealkylation sites (N-methyl/N-ethyl adjacent to an activating group) is 1. The second-order valence-corrected chi connectivity index (χ2v) is 5.77. The molecular formula is C15H21N7O. The summed E-state index contributed by atoms with van der Waals surface area (Å²) in [5.41, 5.74) is 0.796. The van der Waals surface area contributed by atoms with Crippen molar-refractivity contribution in [2.24, 2.45) is 4.99 Å². The number of nitrogens with zero attached hydrogens (tertiary/aromatic N) is 5. The van der Waals surface area contributed by atoms with Crippen molar-refractivity contribution in [3.8, 4) is 0 Å². The topological polar surface area (TPSA) is 86.9 Å². The van der Waals surface area contributed by atoms with Gasteiger partial charge in [-0.15, -0.1) is 10.2 Å². The van der Waals surface area contributed by atoms with E-state index in [1.165, 1.54) is 0 Å². The van der Waals surface area contributed by atoms with Crippen LogP contribution in [0.4, 0.5) is 0 Å². The summed E-state index contributed by atoms with van der Waals surface area (Å²) < 4.78 is 1.91. The third-order valence-electron chi connectivity index (χ3n) is 3.59. The fourth-order valence-corrected chi connectivity index (χ4v) is 2.04. The molecule has 1 amide bonds. The first-order valence-electron chi connectivity index (χ1n) is 7.67. The predicted octanol–water partition coefficient (Wildman–Crippen LogP) is 0.0151. The van der Waals surface area contributed by atoms with Gasteiger partial charge >= 0.3 is 0 Å². The van der Waals surface area contributed by atoms with Crippen LogP contribution in [0.5, 0.6) is 0 Å². The number of guanidine groups is 1. The van der Waals surface area contributed by atoms with E-state index in [1.807, 2.05) is 28.8 Å². The Morgan fingerprint density at radius 3 is 2.96 bits per heavy atom. The molecule has 2 aromatic rings. The van der Waals surface area contributed by atoms with Crippen molar-refractivity contribution in [3.05, 3.63) is 30.2 Å². The molecule has 0 spiro atoms. The molecule has 1 aliphatic rings. The molecule has 0 aliphatic heterocycles. The standard InChI is InChI=1S/C15H21N7O/c1-21(2)14(23)10-17-15(18-11-6-7-11)16-9-13-20-19-12-5-3-4-8-22(12)13/h3-5,8,11H,6-7,9-10H2,1-2H3,(H2,16,17,18). The van der Waals surface area contributed by atoms with E-state index in [0.29, 0.717) is 18.5 Å². The number of pyridine rings is 1. The first-order valence-corrected chi connectivity index (χ1v) is 7.67. The van der Waals surface area contributed by atoms with Crippen LogP contribution in [0.15, 0.2) is 29.4 Å². The fourth-order valence-electron chi connectivity index (χ4n) is 2.04. The summed E-state index contributed by atoms with van der Waals surface area (Å²) in [6.45, 7) is 0.607. The third kappa shape index (κ3) is 3.97. The lowest BCUT2D eigenvalue weighted by Gasteiger charge is -2.14. The highest BCUT2D eigenvalue weighted by molar-refractivity contribution is 5.86. The summed E-state index contributed by atoms with van der Waals surface area (Å²) in [4.78, 5) is 17.8. The molecule has 0 bridgehead atoms. The molecule has 0 unspecified atom stereocenters. The van der Waals surface area contributed by atoms with Gasteiger partial charge in [0.25, 0.3) is 0 Å². The summed E-state index contributed by atoms with van der Waals surface area (Å²) in [5, 5.41) is 14.6. The molecule has 2 aromatic heterocycles. The van der Waals surface area contributed by atoms with Crippen LogP contribution in [0.3, 0.4) is 0 Å². The number of fused-ring (bicyclic) bond motifs is 1. The second-order valence-electron chi connectivity index (χ2n) is 5.77. The van der Waals surface area contributed by atoms with Gasteiger partial charge in [-0.05, 0) is 25.0 Å². The van der Waals surface area contributed by atoms with Crippen molar-refractivity contribution in [2.75, 3.05) is 20.6 Å². The molecule has 122 valence electrons. The Morgan fingerprint density at radius 1 is 1.39 bits per heavy atom. The van der Waals surface area contributed by atoms with Crippen LogP contribution < -0.4 is 10.6 Å². The van der Waals surface area contributed by atoms with Gasteiger partial charge in [-0.3, -0.25) is 9.20 Å². The molecule has 0 saturated heterocycles. The Morgan fingerprint density at radius 2 is 2.22 bits per heavy atom. The zero-order valence-corrected chi connectivity index (χ0v) is 13.4. The van der Waals surface area contributed by atoms with E-state index in [9.17, 15) is 4.79 Å². The summed E-state index contributed by atoms with van der Waals surface area (Å²) >= 11 is 0. The average Bonchev–Trinajstić information content (AvgIpc) is 3.27. The third-order valence-corrected chi connectivity index (χ3v) is 3.59. The maximum absolute atomic E-state index is 11.7. The number of nitrogens with one attached hydrogen (secondary N) is 2. The van der Waals surface area contributed by atoms with E-state index in [4.69, 9.17) is 0 Å². The molecule has 2 heterocycles. The number of aliphatic imine (C=N–C) groups is 1. The highest BCUT2D eigenvalue weighted by Crippen LogP contribution is 2.18. The molecule has 0 radical (unpaired) electrons. The van der Waals surface area contributed by atoms with Gasteiger partial charge in [0.1, 0.15) is 6.54 Å². The van der Waals surface area contributed by atoms with Crippen molar-refractivity contribution in [1.29, 1.82) is 0 Å². The minimum absolute atomic E-state index is 0.00299. The number of hydrogen-bond acceptors (Lipinski definition) is 4. The predicted molar refractivity (Wildman–Crippen MR) is 87.0 cm³/mol. The Bertz CT molecular complexity index is 717. The molecule has 1 aliphatic carbocycles. The molecule has 2 N–H and O–H groups in total. The van der Waals surface area contributed by atoms with Crippen molar-refractivity contribution in [2.45, 2.75) is 25.4 Å². The van der Waals surface area contributed by atoms with Crippen LogP contribution in [-0.2, 0) is 11.3 Å². The van der Waals surface area contributed by atoms with E-state index < -0.39 is 0 Å². The van der Waals surface area contributed by atoms with E-state index >= 15 is 0 Å². The Hall–Kier alpha value is -2.64. The highest BCUT2D eigenvalue weighted by atomic mass is 16.2. The Labute approximate surface area is 134 Å². The summed E-state index contributed by atoms with van der Waals surface area (Å²) in [6.07, 6.45) is 4.18. The largest absolute Gasteiger partial charge is 0.354 e. The normalized spacial score (nSPS) is 14.8. The zero-order valence-electron chi connectivity index (χ0n) is 13.4. The molecule has 8 nitrogen and oxygen atoms in total. The lowest BCUT2D eigenvalue weighted by molar-refractivity contribution is -0.127. The Kier molecular flexibility index (Phi) is 4.40. The number of carbonyl (C=O) groups excluding carboxylic acids is 1. The zero-order chi connectivity index (χ0) is 16.2. The van der Waals surface area contributed by atoms with Crippen molar-refractivity contribution in [3.63, 3.8) is 0 Å². The number of carbonyl (C=O) groups is 1. The molecular weight excluding hydrogens is 294 g/mol. The minimum atomic E-state index is 0.00299. The van der Waals surface area contributed by atoms with Crippen LogP contribution in [0.2, 0.25) is 0 Å². The SMILES string of the molecule is CN(C)C(=O)CNC(=NCc1nnc2ccccn12)NC1CC1. The number of aromatic nitrogens is 3. The van der Waals surface area contributed by atoms with E-state index in [2.05, 4.69) is 25.8 Å². The summed E-state index contributed by atoms with van der Waals surface area (Å²) in [6, 6.07) is 6.20. The van der Waals surface area contributed by atoms with Gasteiger partial charge in [-0.25, -0.2) is 4.99 Å². The number of rotatable bonds is 5. The van der Waals surface area contributed by atoms with E-state index in [-0.39, 0.29) is 12.5 Å². The fraction of sp³-hybridized carbons (Fsp3) is 0.467. The lowest BCUT2D eigenvalue weighted by atomic mass is 10.4. The smallest absolute Gasteiger partial charge is 0.241 e. The van der Waals surface area contributed by atoms with E-state index in [0.717, 1.165) is 24.3 Å². The minimum Gasteiger partial charge on any atom is -0.354 e. The monoisotopic (exact) mass is 315 g/mol. The molecule has 8 heteroatoms. The van der Waals surface area contributed by atoms with Gasteiger partial charge in [-0.2, -0.15) is 0 Å². The van der Waals surface area contributed by atoms with Gasteiger partial charge in [0, 0.05) is 26.3 Å². The second kappa shape index (κ2) is 6.64. The van der Waals surface area contributed by atoms with Gasteiger partial charge in [0.05, 0.1) is 6.54 Å². The van der Waals surface area contributed by atoms with Gasteiger partial charge < -0.3 is 15.5 Å². The van der Waals surface area contributed by atoms with Gasteiger partial charge in [0.2, 0.25) is 5.91 Å². The number of amides is 1. The molecule has 1 saturated carbocycles. The first kappa shape index (κ1) is 15.3. The molecule has 0 aromatic carbocycles. The van der Waals surface area contributed by atoms with E-state index in [1.54, 1.807) is 19.0 Å². The highest BCUT2D eigenvalue weighted by Gasteiger charge is 2.22. The van der Waals surface area contributed by atoms with Crippen LogP contribution in [0, 0.1) is 0 Å². The quantitative estimate of drug-likeness (QED) is 0.600. The maximum atomic E-state index is 11.7. The summed E-state index contributed by atoms with van der Waals surface area (Å²) in [5.74, 6) is 1.40. The Balaban J connectivity index is 1.68. The first-order chi connectivity index (χ1) is 11.1. The van der Waals surface area contributed by atoms with Crippen molar-refractivity contribution < 1.29 is 4.79 Å². The summed E-state index contributed by atoms with van der Waals surface area (Å²) in [7, 11) is 3.47. The van der Waals surface area contributed by atoms with Crippen LogP contribution in [0.25, 0.3) is 5.65 Å². The van der Waals surface area contributed by atoms with Crippen LogP contribution >= 0.6 is 0 Å². The lowest BCUT2D eigenvalue weighted by Crippen LogP contribution is -2.43. The van der Waals surface area contributed by atoms with Gasteiger partial charge in [-0.1, -0.05) is 6.07 Å². The molecule has 3 rings (SSSR count). The molecule has 1 fully saturated rings. The maximum Gasteiger partial charge on any atom is 0.241 e. The molecule has 0 atom stereocenters. The molecule has 23 heavy (non-hydrogen) atoms. The average molecular weight is 315 g/mol.